The maximum atomic E-state index is 12.2. The average Bonchev–Trinajstić information content (AvgIpc) is 2.86. The first kappa shape index (κ1) is 13.7. The number of hydrogen-bond donors (Lipinski definition) is 2. The summed E-state index contributed by atoms with van der Waals surface area (Å²) in [6.07, 6.45) is 0. The molecule has 0 radical (unpaired) electrons. The molecule has 0 aliphatic carbocycles. The zero-order valence-corrected chi connectivity index (χ0v) is 12.9. The number of nitrogen functional groups attached to an aromatic ring is 1. The number of carbonyl (C=O) groups excluding carboxylic acids is 1. The molecular formula is C16H13BrN2O2. The quantitative estimate of drug-likeness (QED) is 0.679. The summed E-state index contributed by atoms with van der Waals surface area (Å²) in [6, 6.07) is 12.6. The van der Waals surface area contributed by atoms with E-state index < -0.39 is 0 Å². The van der Waals surface area contributed by atoms with E-state index in [0.29, 0.717) is 11.3 Å². The largest absolute Gasteiger partial charge is 0.451 e. The third-order valence-electron chi connectivity index (χ3n) is 3.18. The lowest BCUT2D eigenvalue weighted by molar-refractivity contribution is 0.0998. The predicted octanol–water partition coefficient (Wildman–Crippen LogP) is 4.34. The molecule has 3 aromatic rings. The Kier molecular flexibility index (Phi) is 3.43. The molecule has 1 heterocycles. The Hall–Kier alpha value is -2.27. The van der Waals surface area contributed by atoms with Crippen LogP contribution in [0.25, 0.3) is 11.0 Å². The van der Waals surface area contributed by atoms with Gasteiger partial charge in [0.2, 0.25) is 0 Å². The predicted molar refractivity (Wildman–Crippen MR) is 87.5 cm³/mol. The van der Waals surface area contributed by atoms with Crippen molar-refractivity contribution in [1.29, 1.82) is 0 Å². The molecule has 0 unspecified atom stereocenters. The number of amides is 1. The van der Waals surface area contributed by atoms with Gasteiger partial charge in [0.1, 0.15) is 5.58 Å². The van der Waals surface area contributed by atoms with Crippen molar-refractivity contribution in [2.24, 2.45) is 0 Å². The van der Waals surface area contributed by atoms with Crippen LogP contribution in [0.1, 0.15) is 16.1 Å². The monoisotopic (exact) mass is 344 g/mol. The molecule has 0 saturated carbocycles. The molecule has 3 N–H and O–H groups in total. The highest BCUT2D eigenvalue weighted by atomic mass is 79.9. The van der Waals surface area contributed by atoms with Crippen LogP contribution >= 0.6 is 15.9 Å². The van der Waals surface area contributed by atoms with Gasteiger partial charge in [0.05, 0.1) is 0 Å². The van der Waals surface area contributed by atoms with Gasteiger partial charge >= 0.3 is 0 Å². The van der Waals surface area contributed by atoms with Gasteiger partial charge in [-0.2, -0.15) is 0 Å². The molecule has 0 bridgehead atoms. The van der Waals surface area contributed by atoms with Crippen LogP contribution in [0.2, 0.25) is 0 Å². The molecule has 0 aliphatic heterocycles. The van der Waals surface area contributed by atoms with Gasteiger partial charge in [-0.25, -0.2) is 0 Å². The van der Waals surface area contributed by atoms with Crippen LogP contribution in [0.15, 0.2) is 51.4 Å². The van der Waals surface area contributed by atoms with Gasteiger partial charge in [-0.3, -0.25) is 4.79 Å². The van der Waals surface area contributed by atoms with Gasteiger partial charge in [-0.05, 0) is 55.0 Å². The highest BCUT2D eigenvalue weighted by Crippen LogP contribution is 2.24. The van der Waals surface area contributed by atoms with Crippen LogP contribution in [0.4, 0.5) is 11.4 Å². The second kappa shape index (κ2) is 5.26. The molecule has 0 aliphatic rings. The molecule has 5 heteroatoms. The minimum absolute atomic E-state index is 0.260. The molecule has 1 amide bonds. The van der Waals surface area contributed by atoms with Crippen molar-refractivity contribution < 1.29 is 9.21 Å². The highest BCUT2D eigenvalue weighted by molar-refractivity contribution is 9.10. The fourth-order valence-corrected chi connectivity index (χ4v) is 2.34. The third kappa shape index (κ3) is 2.78. The van der Waals surface area contributed by atoms with E-state index in [-0.39, 0.29) is 11.7 Å². The number of aryl methyl sites for hydroxylation is 1. The van der Waals surface area contributed by atoms with E-state index in [4.69, 9.17) is 10.2 Å². The number of anilines is 2. The summed E-state index contributed by atoms with van der Waals surface area (Å²) in [4.78, 5) is 12.2. The van der Waals surface area contributed by atoms with Crippen molar-refractivity contribution in [3.05, 3.63) is 58.3 Å². The number of carbonyl (C=O) groups is 1. The molecule has 2 aromatic carbocycles. The van der Waals surface area contributed by atoms with Gasteiger partial charge in [-0.15, -0.1) is 0 Å². The summed E-state index contributed by atoms with van der Waals surface area (Å²) in [7, 11) is 0. The number of benzene rings is 2. The Morgan fingerprint density at radius 1 is 1.19 bits per heavy atom. The minimum Gasteiger partial charge on any atom is -0.451 e. The van der Waals surface area contributed by atoms with Gasteiger partial charge < -0.3 is 15.5 Å². The molecule has 0 saturated heterocycles. The Labute approximate surface area is 130 Å². The average molecular weight is 345 g/mol. The Morgan fingerprint density at radius 3 is 2.76 bits per heavy atom. The van der Waals surface area contributed by atoms with E-state index in [1.165, 1.54) is 0 Å². The summed E-state index contributed by atoms with van der Waals surface area (Å²) in [5.74, 6) is -0.0253. The lowest BCUT2D eigenvalue weighted by Crippen LogP contribution is -2.10. The molecule has 0 atom stereocenters. The zero-order valence-electron chi connectivity index (χ0n) is 11.3. The number of furan rings is 1. The Balaban J connectivity index is 1.87. The van der Waals surface area contributed by atoms with Crippen LogP contribution in [0.3, 0.4) is 0 Å². The van der Waals surface area contributed by atoms with Gasteiger partial charge in [0, 0.05) is 21.2 Å². The molecule has 0 fully saturated rings. The van der Waals surface area contributed by atoms with E-state index in [1.807, 2.05) is 25.1 Å². The molecular weight excluding hydrogens is 332 g/mol. The highest BCUT2D eigenvalue weighted by Gasteiger charge is 2.13. The number of rotatable bonds is 2. The first-order valence-electron chi connectivity index (χ1n) is 6.39. The summed E-state index contributed by atoms with van der Waals surface area (Å²) in [5.41, 5.74) is 8.76. The standard InChI is InChI=1S/C16H13BrN2O2/c1-9-6-12(3-4-13(9)17)19-16(20)15-8-10-7-11(18)2-5-14(10)21-15/h2-8H,18H2,1H3,(H,19,20). The maximum Gasteiger partial charge on any atom is 0.291 e. The summed E-state index contributed by atoms with van der Waals surface area (Å²) in [6.45, 7) is 1.96. The second-order valence-corrected chi connectivity index (χ2v) is 5.68. The third-order valence-corrected chi connectivity index (χ3v) is 4.07. The Morgan fingerprint density at radius 2 is 2.00 bits per heavy atom. The van der Waals surface area contributed by atoms with E-state index in [2.05, 4.69) is 21.2 Å². The molecule has 21 heavy (non-hydrogen) atoms. The molecule has 3 rings (SSSR count). The molecule has 4 nitrogen and oxygen atoms in total. The van der Waals surface area contributed by atoms with Crippen molar-refractivity contribution in [1.82, 2.24) is 0 Å². The first-order chi connectivity index (χ1) is 10.0. The van der Waals surface area contributed by atoms with E-state index in [1.54, 1.807) is 24.3 Å². The van der Waals surface area contributed by atoms with E-state index >= 15 is 0 Å². The van der Waals surface area contributed by atoms with Crippen molar-refractivity contribution in [2.75, 3.05) is 11.1 Å². The lowest BCUT2D eigenvalue weighted by atomic mass is 10.2. The molecule has 106 valence electrons. The SMILES string of the molecule is Cc1cc(NC(=O)c2cc3cc(N)ccc3o2)ccc1Br. The normalized spacial score (nSPS) is 10.8. The van der Waals surface area contributed by atoms with E-state index in [0.717, 1.165) is 21.1 Å². The topological polar surface area (TPSA) is 68.3 Å². The number of nitrogens with one attached hydrogen (secondary N) is 1. The van der Waals surface area contributed by atoms with Crippen molar-refractivity contribution >= 4 is 44.2 Å². The summed E-state index contributed by atoms with van der Waals surface area (Å²) >= 11 is 3.43. The smallest absolute Gasteiger partial charge is 0.291 e. The maximum absolute atomic E-state index is 12.2. The van der Waals surface area contributed by atoms with Gasteiger partial charge in [0.15, 0.2) is 5.76 Å². The fourth-order valence-electron chi connectivity index (χ4n) is 2.09. The van der Waals surface area contributed by atoms with Gasteiger partial charge in [0.25, 0.3) is 5.91 Å². The molecule has 0 spiro atoms. The number of hydrogen-bond acceptors (Lipinski definition) is 3. The molecule has 1 aromatic heterocycles. The summed E-state index contributed by atoms with van der Waals surface area (Å²) in [5, 5.41) is 3.63. The van der Waals surface area contributed by atoms with Gasteiger partial charge in [-0.1, -0.05) is 15.9 Å². The van der Waals surface area contributed by atoms with Crippen LogP contribution in [-0.4, -0.2) is 5.91 Å². The first-order valence-corrected chi connectivity index (χ1v) is 7.19. The second-order valence-electron chi connectivity index (χ2n) is 4.83. The fraction of sp³-hybridized carbons (Fsp3) is 0.0625. The van der Waals surface area contributed by atoms with Crippen molar-refractivity contribution in [3.63, 3.8) is 0 Å². The lowest BCUT2D eigenvalue weighted by Gasteiger charge is -2.05. The van der Waals surface area contributed by atoms with Crippen molar-refractivity contribution in [3.8, 4) is 0 Å². The number of nitrogens with two attached hydrogens (primary N) is 1. The van der Waals surface area contributed by atoms with E-state index in [9.17, 15) is 4.79 Å². The number of fused-ring (bicyclic) bond motifs is 1. The van der Waals surface area contributed by atoms with Crippen LogP contribution in [0, 0.1) is 6.92 Å². The number of halogens is 1. The van der Waals surface area contributed by atoms with Crippen LogP contribution in [0.5, 0.6) is 0 Å². The summed E-state index contributed by atoms with van der Waals surface area (Å²) < 4.78 is 6.53. The van der Waals surface area contributed by atoms with Crippen molar-refractivity contribution in [2.45, 2.75) is 6.92 Å². The Bertz CT molecular complexity index is 839. The van der Waals surface area contributed by atoms with Crippen LogP contribution in [-0.2, 0) is 0 Å². The zero-order chi connectivity index (χ0) is 15.0. The van der Waals surface area contributed by atoms with Crippen LogP contribution < -0.4 is 11.1 Å². The minimum atomic E-state index is -0.286.